The van der Waals surface area contributed by atoms with Crippen molar-refractivity contribution in [3.05, 3.63) is 47.0 Å². The van der Waals surface area contributed by atoms with Crippen molar-refractivity contribution in [1.29, 1.82) is 0 Å². The quantitative estimate of drug-likeness (QED) is 0.438. The third kappa shape index (κ3) is 4.98. The zero-order valence-corrected chi connectivity index (χ0v) is 18.3. The molecule has 9 heteroatoms. The monoisotopic (exact) mass is 464 g/mol. The molecule has 3 aromatic rings. The number of alkyl halides is 3. The van der Waals surface area contributed by atoms with Gasteiger partial charge in [-0.05, 0) is 56.0 Å². The standard InChI is InChI=1S/C23H23F3N2O3S/c1-14-18(22(29)30)11-20(28(14)12-15-5-3-2-4-6-15)19-13-32-21(27-19)16-7-9-17(10-8-16)31-23(24,25)26/h7-11,13,15H,2-6,12H2,1H3,(H,29,30). The van der Waals surface area contributed by atoms with Gasteiger partial charge in [-0.1, -0.05) is 19.3 Å². The zero-order valence-electron chi connectivity index (χ0n) is 17.5. The first-order valence-corrected chi connectivity index (χ1v) is 11.3. The zero-order chi connectivity index (χ0) is 22.9. The number of benzene rings is 1. The number of hydrogen-bond acceptors (Lipinski definition) is 4. The number of thiazole rings is 1. The molecule has 32 heavy (non-hydrogen) atoms. The third-order valence-corrected chi connectivity index (χ3v) is 6.76. The van der Waals surface area contributed by atoms with Gasteiger partial charge in [-0.25, -0.2) is 9.78 Å². The van der Waals surface area contributed by atoms with E-state index < -0.39 is 12.3 Å². The Morgan fingerprint density at radius 1 is 1.22 bits per heavy atom. The Morgan fingerprint density at radius 3 is 2.53 bits per heavy atom. The van der Waals surface area contributed by atoms with Crippen LogP contribution >= 0.6 is 11.3 Å². The summed E-state index contributed by atoms with van der Waals surface area (Å²) in [4.78, 5) is 16.4. The van der Waals surface area contributed by atoms with Gasteiger partial charge in [0.2, 0.25) is 0 Å². The van der Waals surface area contributed by atoms with Crippen LogP contribution in [0, 0.1) is 12.8 Å². The molecule has 170 valence electrons. The topological polar surface area (TPSA) is 64.3 Å². The molecule has 0 unspecified atom stereocenters. The highest BCUT2D eigenvalue weighted by molar-refractivity contribution is 7.13. The first kappa shape index (κ1) is 22.4. The first-order chi connectivity index (χ1) is 15.2. The number of aromatic nitrogens is 2. The van der Waals surface area contributed by atoms with E-state index in [9.17, 15) is 23.1 Å². The minimum Gasteiger partial charge on any atom is -0.478 e. The second-order valence-corrected chi connectivity index (χ2v) is 8.92. The molecule has 1 aliphatic rings. The molecule has 1 aliphatic carbocycles. The van der Waals surface area contributed by atoms with E-state index in [1.165, 1.54) is 54.9 Å². The fraction of sp³-hybridized carbons (Fsp3) is 0.391. The molecule has 0 radical (unpaired) electrons. The molecule has 2 aromatic heterocycles. The average Bonchev–Trinajstić information content (AvgIpc) is 3.34. The number of hydrogen-bond donors (Lipinski definition) is 1. The van der Waals surface area contributed by atoms with Crippen LogP contribution in [0.4, 0.5) is 13.2 Å². The molecule has 0 aliphatic heterocycles. The lowest BCUT2D eigenvalue weighted by atomic mass is 9.89. The molecular formula is C23H23F3N2O3S. The number of carboxylic acids is 1. The molecule has 1 fully saturated rings. The lowest BCUT2D eigenvalue weighted by molar-refractivity contribution is -0.274. The van der Waals surface area contributed by atoms with Gasteiger partial charge in [-0.2, -0.15) is 0 Å². The Kier molecular flexibility index (Phi) is 6.28. The molecule has 1 saturated carbocycles. The van der Waals surface area contributed by atoms with E-state index in [2.05, 4.69) is 14.3 Å². The van der Waals surface area contributed by atoms with Gasteiger partial charge in [0, 0.05) is 23.2 Å². The molecule has 0 saturated heterocycles. The Bertz CT molecular complexity index is 1100. The maximum atomic E-state index is 12.4. The van der Waals surface area contributed by atoms with E-state index in [1.807, 2.05) is 12.3 Å². The SMILES string of the molecule is Cc1c(C(=O)O)cc(-c2csc(-c3ccc(OC(F)(F)F)cc3)n2)n1CC1CCCCC1. The first-order valence-electron chi connectivity index (χ1n) is 10.5. The van der Waals surface area contributed by atoms with Crippen molar-refractivity contribution < 1.29 is 27.8 Å². The summed E-state index contributed by atoms with van der Waals surface area (Å²) < 4.78 is 43.1. The Labute approximate surface area is 187 Å². The van der Waals surface area contributed by atoms with Crippen LogP contribution in [0.25, 0.3) is 22.0 Å². The van der Waals surface area contributed by atoms with E-state index >= 15 is 0 Å². The van der Waals surface area contributed by atoms with Crippen LogP contribution in [0.2, 0.25) is 0 Å². The summed E-state index contributed by atoms with van der Waals surface area (Å²) in [6.07, 6.45) is 1.17. The maximum Gasteiger partial charge on any atom is 0.573 e. The summed E-state index contributed by atoms with van der Waals surface area (Å²) in [5.74, 6) is -0.752. The van der Waals surface area contributed by atoms with Gasteiger partial charge in [-0.15, -0.1) is 24.5 Å². The van der Waals surface area contributed by atoms with Crippen molar-refractivity contribution in [2.45, 2.75) is 51.9 Å². The summed E-state index contributed by atoms with van der Waals surface area (Å²) in [6, 6.07) is 7.22. The third-order valence-electron chi connectivity index (χ3n) is 5.86. The van der Waals surface area contributed by atoms with E-state index in [-0.39, 0.29) is 11.3 Å². The van der Waals surface area contributed by atoms with Gasteiger partial charge < -0.3 is 14.4 Å². The molecule has 1 aromatic carbocycles. The smallest absolute Gasteiger partial charge is 0.478 e. The number of ether oxygens (including phenoxy) is 1. The van der Waals surface area contributed by atoms with Gasteiger partial charge >= 0.3 is 12.3 Å². The van der Waals surface area contributed by atoms with Crippen molar-refractivity contribution in [3.8, 4) is 27.7 Å². The van der Waals surface area contributed by atoms with Crippen molar-refractivity contribution in [2.24, 2.45) is 5.92 Å². The van der Waals surface area contributed by atoms with E-state index in [4.69, 9.17) is 0 Å². The van der Waals surface area contributed by atoms with Crippen LogP contribution in [0.1, 0.15) is 48.2 Å². The normalized spacial score (nSPS) is 15.1. The molecule has 0 atom stereocenters. The van der Waals surface area contributed by atoms with E-state index in [0.717, 1.165) is 25.1 Å². The van der Waals surface area contributed by atoms with Crippen LogP contribution in [-0.4, -0.2) is 27.0 Å². The van der Waals surface area contributed by atoms with Gasteiger partial charge in [-0.3, -0.25) is 0 Å². The summed E-state index contributed by atoms with van der Waals surface area (Å²) in [7, 11) is 0. The number of carboxylic acid groups (broad SMARTS) is 1. The highest BCUT2D eigenvalue weighted by Gasteiger charge is 2.31. The lowest BCUT2D eigenvalue weighted by Gasteiger charge is -2.24. The molecule has 1 N–H and O–H groups in total. The van der Waals surface area contributed by atoms with E-state index in [1.54, 1.807) is 6.07 Å². The Morgan fingerprint density at radius 2 is 1.91 bits per heavy atom. The molecule has 0 bridgehead atoms. The minimum absolute atomic E-state index is 0.263. The molecule has 4 rings (SSSR count). The maximum absolute atomic E-state index is 12.4. The van der Waals surface area contributed by atoms with Crippen LogP contribution in [-0.2, 0) is 6.54 Å². The van der Waals surface area contributed by atoms with Crippen LogP contribution in [0.5, 0.6) is 5.75 Å². The van der Waals surface area contributed by atoms with E-state index in [0.29, 0.717) is 27.9 Å². The number of carbonyl (C=O) groups is 1. The van der Waals surface area contributed by atoms with Gasteiger partial charge in [0.15, 0.2) is 0 Å². The number of rotatable bonds is 6. The Balaban J connectivity index is 1.63. The number of aromatic carboxylic acids is 1. The number of halogens is 3. The molecule has 2 heterocycles. The van der Waals surface area contributed by atoms with Crippen molar-refractivity contribution in [3.63, 3.8) is 0 Å². The second-order valence-electron chi connectivity index (χ2n) is 8.06. The summed E-state index contributed by atoms with van der Waals surface area (Å²) in [6.45, 7) is 2.58. The molecule has 5 nitrogen and oxygen atoms in total. The second kappa shape index (κ2) is 8.97. The van der Waals surface area contributed by atoms with Crippen LogP contribution in [0.3, 0.4) is 0 Å². The van der Waals surface area contributed by atoms with Crippen LogP contribution in [0.15, 0.2) is 35.7 Å². The summed E-state index contributed by atoms with van der Waals surface area (Å²) >= 11 is 1.36. The highest BCUT2D eigenvalue weighted by Crippen LogP contribution is 2.34. The fourth-order valence-electron chi connectivity index (χ4n) is 4.26. The minimum atomic E-state index is -4.74. The van der Waals surface area contributed by atoms with Crippen molar-refractivity contribution >= 4 is 17.3 Å². The fourth-order valence-corrected chi connectivity index (χ4v) is 5.08. The predicted molar refractivity (Wildman–Crippen MR) is 116 cm³/mol. The van der Waals surface area contributed by atoms with Gasteiger partial charge in [0.25, 0.3) is 0 Å². The molecule has 0 amide bonds. The largest absolute Gasteiger partial charge is 0.573 e. The highest BCUT2D eigenvalue weighted by atomic mass is 32.1. The molecule has 0 spiro atoms. The average molecular weight is 465 g/mol. The van der Waals surface area contributed by atoms with Gasteiger partial charge in [0.05, 0.1) is 17.0 Å². The predicted octanol–water partition coefficient (Wildman–Crippen LogP) is 6.76. The Hall–Kier alpha value is -2.81. The summed E-state index contributed by atoms with van der Waals surface area (Å²) in [5, 5.41) is 12.1. The van der Waals surface area contributed by atoms with Crippen LogP contribution < -0.4 is 4.74 Å². The summed E-state index contributed by atoms with van der Waals surface area (Å²) in [5.41, 5.74) is 3.05. The van der Waals surface area contributed by atoms with Crippen molar-refractivity contribution in [2.75, 3.05) is 0 Å². The molecular weight excluding hydrogens is 441 g/mol. The lowest BCUT2D eigenvalue weighted by Crippen LogP contribution is -2.16. The van der Waals surface area contributed by atoms with Crippen molar-refractivity contribution in [1.82, 2.24) is 9.55 Å². The van der Waals surface area contributed by atoms with Gasteiger partial charge in [0.1, 0.15) is 10.8 Å². The number of nitrogens with zero attached hydrogens (tertiary/aromatic N) is 2.